The van der Waals surface area contributed by atoms with E-state index in [1.807, 2.05) is 0 Å². The van der Waals surface area contributed by atoms with Gasteiger partial charge in [0.2, 0.25) is 0 Å². The van der Waals surface area contributed by atoms with E-state index in [-0.39, 0.29) is 5.56 Å². The van der Waals surface area contributed by atoms with Gasteiger partial charge in [-0.15, -0.1) is 0 Å². The highest BCUT2D eigenvalue weighted by atomic mass is 16.5. The number of benzene rings is 1. The number of para-hydroxylation sites is 1. The number of hydrogen-bond donors (Lipinski definition) is 1. The van der Waals surface area contributed by atoms with Crippen LogP contribution in [0, 0.1) is 0 Å². The van der Waals surface area contributed by atoms with Gasteiger partial charge in [-0.1, -0.05) is 18.2 Å². The molecule has 0 saturated heterocycles. The van der Waals surface area contributed by atoms with Gasteiger partial charge in [0.05, 0.1) is 6.33 Å². The van der Waals surface area contributed by atoms with Crippen LogP contribution < -0.4 is 10.3 Å². The third-order valence-electron chi connectivity index (χ3n) is 1.89. The van der Waals surface area contributed by atoms with Crippen LogP contribution in [0.2, 0.25) is 0 Å². The highest BCUT2D eigenvalue weighted by Gasteiger charge is 2.12. The standard InChI is InChI=1S/C11H8N2O3/c14-10-9(6-12-7-13-10)11(15)16-8-4-2-1-3-5-8/h1-7H,(H,12,13,14). The molecule has 0 aliphatic carbocycles. The van der Waals surface area contributed by atoms with Crippen LogP contribution in [0.4, 0.5) is 0 Å². The Labute approximate surface area is 90.7 Å². The Balaban J connectivity index is 2.22. The van der Waals surface area contributed by atoms with Crippen LogP contribution in [-0.4, -0.2) is 15.9 Å². The predicted molar refractivity (Wildman–Crippen MR) is 56.3 cm³/mol. The lowest BCUT2D eigenvalue weighted by molar-refractivity contribution is 0.0732. The van der Waals surface area contributed by atoms with Gasteiger partial charge in [-0.3, -0.25) is 4.79 Å². The van der Waals surface area contributed by atoms with E-state index >= 15 is 0 Å². The summed E-state index contributed by atoms with van der Waals surface area (Å²) in [6.07, 6.45) is 2.38. The Morgan fingerprint density at radius 3 is 2.69 bits per heavy atom. The Kier molecular flexibility index (Phi) is 2.77. The lowest BCUT2D eigenvalue weighted by atomic mass is 10.3. The maximum absolute atomic E-state index is 11.6. The summed E-state index contributed by atoms with van der Waals surface area (Å²) in [4.78, 5) is 28.8. The smallest absolute Gasteiger partial charge is 0.350 e. The zero-order valence-electron chi connectivity index (χ0n) is 8.21. The number of H-pyrrole nitrogens is 1. The molecular weight excluding hydrogens is 208 g/mol. The van der Waals surface area contributed by atoms with Crippen LogP contribution in [0.5, 0.6) is 5.75 Å². The number of aromatic nitrogens is 2. The topological polar surface area (TPSA) is 72.0 Å². The molecule has 1 aromatic heterocycles. The van der Waals surface area contributed by atoms with Gasteiger partial charge in [0, 0.05) is 6.20 Å². The molecule has 5 heteroatoms. The summed E-state index contributed by atoms with van der Waals surface area (Å²) in [7, 11) is 0. The lowest BCUT2D eigenvalue weighted by Gasteiger charge is -2.02. The van der Waals surface area contributed by atoms with Crippen molar-refractivity contribution in [1.29, 1.82) is 0 Å². The van der Waals surface area contributed by atoms with Gasteiger partial charge in [0.25, 0.3) is 5.56 Å². The third-order valence-corrected chi connectivity index (χ3v) is 1.89. The number of nitrogens with zero attached hydrogens (tertiary/aromatic N) is 1. The van der Waals surface area contributed by atoms with Crippen molar-refractivity contribution in [1.82, 2.24) is 9.97 Å². The number of rotatable bonds is 2. The van der Waals surface area contributed by atoms with Crippen LogP contribution in [0.1, 0.15) is 10.4 Å². The number of carbonyl (C=O) groups is 1. The van der Waals surface area contributed by atoms with E-state index in [2.05, 4.69) is 9.97 Å². The Bertz CT molecular complexity index is 548. The summed E-state index contributed by atoms with van der Waals surface area (Å²) in [6.45, 7) is 0. The molecule has 0 amide bonds. The number of aromatic amines is 1. The highest BCUT2D eigenvalue weighted by molar-refractivity contribution is 5.90. The molecule has 0 spiro atoms. The summed E-state index contributed by atoms with van der Waals surface area (Å²) in [5.74, 6) is -0.337. The molecule has 0 saturated carbocycles. The van der Waals surface area contributed by atoms with Crippen molar-refractivity contribution in [3.63, 3.8) is 0 Å². The zero-order valence-corrected chi connectivity index (χ0v) is 8.21. The van der Waals surface area contributed by atoms with E-state index in [0.29, 0.717) is 5.75 Å². The molecule has 80 valence electrons. The molecule has 0 bridgehead atoms. The SMILES string of the molecule is O=C(Oc1ccccc1)c1cnc[nH]c1=O. The Hall–Kier alpha value is -2.43. The van der Waals surface area contributed by atoms with Gasteiger partial charge in [0.1, 0.15) is 11.3 Å². The summed E-state index contributed by atoms with van der Waals surface area (Å²) < 4.78 is 4.98. The van der Waals surface area contributed by atoms with Gasteiger partial charge in [0.15, 0.2) is 0 Å². The zero-order chi connectivity index (χ0) is 11.4. The molecule has 0 aliphatic heterocycles. The molecule has 5 nitrogen and oxygen atoms in total. The van der Waals surface area contributed by atoms with Crippen LogP contribution >= 0.6 is 0 Å². The fourth-order valence-electron chi connectivity index (χ4n) is 1.14. The highest BCUT2D eigenvalue weighted by Crippen LogP contribution is 2.09. The number of esters is 1. The average Bonchev–Trinajstić information content (AvgIpc) is 2.31. The first-order valence-corrected chi connectivity index (χ1v) is 4.57. The molecule has 1 N–H and O–H groups in total. The molecular formula is C11H8N2O3. The summed E-state index contributed by atoms with van der Waals surface area (Å²) in [5.41, 5.74) is -0.637. The predicted octanol–water partition coefficient (Wildman–Crippen LogP) is 0.989. The van der Waals surface area contributed by atoms with Gasteiger partial charge in [-0.2, -0.15) is 0 Å². The Morgan fingerprint density at radius 1 is 1.25 bits per heavy atom. The molecule has 0 fully saturated rings. The number of nitrogens with one attached hydrogen (secondary N) is 1. The normalized spacial score (nSPS) is 9.75. The van der Waals surface area contributed by atoms with Crippen molar-refractivity contribution in [3.05, 3.63) is 58.8 Å². The fraction of sp³-hybridized carbons (Fsp3) is 0. The average molecular weight is 216 g/mol. The number of ether oxygens (including phenoxy) is 1. The minimum atomic E-state index is -0.722. The number of hydrogen-bond acceptors (Lipinski definition) is 4. The second kappa shape index (κ2) is 4.39. The van der Waals surface area contributed by atoms with Crippen molar-refractivity contribution in [2.75, 3.05) is 0 Å². The first kappa shape index (κ1) is 10.1. The summed E-state index contributed by atoms with van der Waals surface area (Å²) in [5, 5.41) is 0. The molecule has 0 radical (unpaired) electrons. The van der Waals surface area contributed by atoms with Crippen molar-refractivity contribution in [2.24, 2.45) is 0 Å². The maximum Gasteiger partial charge on any atom is 0.350 e. The van der Waals surface area contributed by atoms with Crippen molar-refractivity contribution in [2.45, 2.75) is 0 Å². The second-order valence-corrected chi connectivity index (χ2v) is 3.00. The maximum atomic E-state index is 11.6. The van der Waals surface area contributed by atoms with Crippen LogP contribution in [-0.2, 0) is 0 Å². The molecule has 2 rings (SSSR count). The van der Waals surface area contributed by atoms with E-state index in [0.717, 1.165) is 0 Å². The first-order chi connectivity index (χ1) is 7.77. The van der Waals surface area contributed by atoms with Crippen molar-refractivity contribution >= 4 is 5.97 Å². The van der Waals surface area contributed by atoms with Crippen molar-refractivity contribution < 1.29 is 9.53 Å². The van der Waals surface area contributed by atoms with E-state index in [1.165, 1.54) is 12.5 Å². The second-order valence-electron chi connectivity index (χ2n) is 3.00. The molecule has 0 unspecified atom stereocenters. The van der Waals surface area contributed by atoms with Gasteiger partial charge in [-0.25, -0.2) is 9.78 Å². The first-order valence-electron chi connectivity index (χ1n) is 4.57. The summed E-state index contributed by atoms with van der Waals surface area (Å²) >= 11 is 0. The third kappa shape index (κ3) is 2.14. The molecule has 0 atom stereocenters. The quantitative estimate of drug-likeness (QED) is 0.600. The molecule has 2 aromatic rings. The number of carbonyl (C=O) groups excluding carboxylic acids is 1. The lowest BCUT2D eigenvalue weighted by Crippen LogP contribution is -2.21. The van der Waals surface area contributed by atoms with Crippen molar-refractivity contribution in [3.8, 4) is 5.75 Å². The van der Waals surface area contributed by atoms with E-state index in [1.54, 1.807) is 30.3 Å². The minimum absolute atomic E-state index is 0.119. The van der Waals surface area contributed by atoms with E-state index < -0.39 is 11.5 Å². The minimum Gasteiger partial charge on any atom is -0.423 e. The molecule has 0 aliphatic rings. The summed E-state index contributed by atoms with van der Waals surface area (Å²) in [6, 6.07) is 8.52. The largest absolute Gasteiger partial charge is 0.423 e. The van der Waals surface area contributed by atoms with Crippen LogP contribution in [0.3, 0.4) is 0 Å². The Morgan fingerprint density at radius 2 is 2.00 bits per heavy atom. The van der Waals surface area contributed by atoms with Gasteiger partial charge < -0.3 is 9.72 Å². The van der Waals surface area contributed by atoms with E-state index in [4.69, 9.17) is 4.74 Å². The van der Waals surface area contributed by atoms with Crippen LogP contribution in [0.15, 0.2) is 47.7 Å². The van der Waals surface area contributed by atoms with Gasteiger partial charge >= 0.3 is 5.97 Å². The monoisotopic (exact) mass is 216 g/mol. The van der Waals surface area contributed by atoms with E-state index in [9.17, 15) is 9.59 Å². The van der Waals surface area contributed by atoms with Gasteiger partial charge in [-0.05, 0) is 12.1 Å². The van der Waals surface area contributed by atoms with Crippen LogP contribution in [0.25, 0.3) is 0 Å². The molecule has 16 heavy (non-hydrogen) atoms. The molecule has 1 aromatic carbocycles. The molecule has 1 heterocycles. The fourth-order valence-corrected chi connectivity index (χ4v) is 1.14.